The molecule has 3 heterocycles. The minimum absolute atomic E-state index is 0.299. The van der Waals surface area contributed by atoms with E-state index in [-0.39, 0.29) is 5.91 Å². The number of halogens is 1. The van der Waals surface area contributed by atoms with Gasteiger partial charge in [0.05, 0.1) is 10.7 Å². The van der Waals surface area contributed by atoms with Gasteiger partial charge < -0.3 is 5.32 Å². The number of hydrogen-bond donors (Lipinski definition) is 1. The number of carbonyl (C=O) groups is 1. The number of nitrogens with zero attached hydrogens (tertiary/aromatic N) is 4. The molecule has 1 N–H and O–H groups in total. The second-order valence-electron chi connectivity index (χ2n) is 3.83. The van der Waals surface area contributed by atoms with Crippen LogP contribution in [-0.4, -0.2) is 25.5 Å². The number of nitrogens with one attached hydrogen (secondary N) is 1. The number of hydrogen-bond acceptors (Lipinski definition) is 4. The largest absolute Gasteiger partial charge is 0.319 e. The zero-order chi connectivity index (χ0) is 13.2. The molecule has 0 fully saturated rings. The average molecular weight is 274 g/mol. The van der Waals surface area contributed by atoms with Crippen molar-refractivity contribution >= 4 is 28.8 Å². The SMILES string of the molecule is O=C(Nc1ccc2nncn2c1)c1ccc(Cl)cn1. The van der Waals surface area contributed by atoms with Crippen LogP contribution in [0.25, 0.3) is 5.65 Å². The van der Waals surface area contributed by atoms with E-state index >= 15 is 0 Å². The van der Waals surface area contributed by atoms with Gasteiger partial charge in [0.15, 0.2) is 5.65 Å². The standard InChI is InChI=1S/C12H8ClN5O/c13-8-1-3-10(14-5-8)12(19)16-9-2-4-11-17-15-7-18(11)6-9/h1-7H,(H,16,19). The van der Waals surface area contributed by atoms with Crippen molar-refractivity contribution < 1.29 is 4.79 Å². The maximum atomic E-state index is 11.9. The molecule has 7 heteroatoms. The van der Waals surface area contributed by atoms with E-state index < -0.39 is 0 Å². The van der Waals surface area contributed by atoms with E-state index in [9.17, 15) is 4.79 Å². The maximum Gasteiger partial charge on any atom is 0.274 e. The van der Waals surface area contributed by atoms with Crippen LogP contribution in [0.4, 0.5) is 5.69 Å². The molecule has 0 radical (unpaired) electrons. The summed E-state index contributed by atoms with van der Waals surface area (Å²) < 4.78 is 1.71. The van der Waals surface area contributed by atoms with Crippen molar-refractivity contribution in [3.63, 3.8) is 0 Å². The Hall–Kier alpha value is -2.47. The normalized spacial score (nSPS) is 10.6. The first kappa shape index (κ1) is 11.6. The monoisotopic (exact) mass is 273 g/mol. The molecule has 3 aromatic heterocycles. The van der Waals surface area contributed by atoms with Crippen molar-refractivity contribution in [3.05, 3.63) is 53.7 Å². The van der Waals surface area contributed by atoms with Crippen LogP contribution in [0.5, 0.6) is 0 Å². The lowest BCUT2D eigenvalue weighted by Crippen LogP contribution is -2.13. The third kappa shape index (κ3) is 2.38. The highest BCUT2D eigenvalue weighted by atomic mass is 35.5. The smallest absolute Gasteiger partial charge is 0.274 e. The molecule has 6 nitrogen and oxygen atoms in total. The molecule has 0 bridgehead atoms. The first-order valence-corrected chi connectivity index (χ1v) is 5.82. The Morgan fingerprint density at radius 2 is 2.16 bits per heavy atom. The van der Waals surface area contributed by atoms with Gasteiger partial charge in [0, 0.05) is 12.4 Å². The van der Waals surface area contributed by atoms with Crippen LogP contribution in [0.3, 0.4) is 0 Å². The van der Waals surface area contributed by atoms with Crippen LogP contribution in [-0.2, 0) is 0 Å². The second-order valence-corrected chi connectivity index (χ2v) is 4.27. The molecule has 0 aromatic carbocycles. The number of anilines is 1. The van der Waals surface area contributed by atoms with Gasteiger partial charge in [-0.3, -0.25) is 9.20 Å². The van der Waals surface area contributed by atoms with Crippen molar-refractivity contribution in [3.8, 4) is 0 Å². The van der Waals surface area contributed by atoms with E-state index in [1.807, 2.05) is 0 Å². The van der Waals surface area contributed by atoms with E-state index in [0.29, 0.717) is 22.1 Å². The van der Waals surface area contributed by atoms with E-state index in [4.69, 9.17) is 11.6 Å². The zero-order valence-corrected chi connectivity index (χ0v) is 10.4. The first-order valence-electron chi connectivity index (χ1n) is 5.45. The van der Waals surface area contributed by atoms with Gasteiger partial charge in [-0.1, -0.05) is 11.6 Å². The van der Waals surface area contributed by atoms with Crippen molar-refractivity contribution in [2.75, 3.05) is 5.32 Å². The summed E-state index contributed by atoms with van der Waals surface area (Å²) in [7, 11) is 0. The molecular formula is C12H8ClN5O. The highest BCUT2D eigenvalue weighted by Crippen LogP contribution is 2.11. The second kappa shape index (κ2) is 4.66. The number of aromatic nitrogens is 4. The predicted molar refractivity (Wildman–Crippen MR) is 70.2 cm³/mol. The molecule has 0 aliphatic heterocycles. The third-order valence-corrected chi connectivity index (χ3v) is 2.73. The van der Waals surface area contributed by atoms with Gasteiger partial charge in [-0.05, 0) is 24.3 Å². The highest BCUT2D eigenvalue weighted by molar-refractivity contribution is 6.30. The van der Waals surface area contributed by atoms with E-state index in [0.717, 1.165) is 0 Å². The average Bonchev–Trinajstić information content (AvgIpc) is 2.87. The van der Waals surface area contributed by atoms with Crippen molar-refractivity contribution in [1.29, 1.82) is 0 Å². The summed E-state index contributed by atoms with van der Waals surface area (Å²) in [4.78, 5) is 15.9. The van der Waals surface area contributed by atoms with Gasteiger partial charge >= 0.3 is 0 Å². The summed E-state index contributed by atoms with van der Waals surface area (Å²) in [6.07, 6.45) is 4.72. The number of carbonyl (C=O) groups excluding carboxylic acids is 1. The Kier molecular flexibility index (Phi) is 2.85. The summed E-state index contributed by atoms with van der Waals surface area (Å²) in [5, 5.41) is 10.9. The summed E-state index contributed by atoms with van der Waals surface area (Å²) in [6.45, 7) is 0. The van der Waals surface area contributed by atoms with Crippen molar-refractivity contribution in [2.45, 2.75) is 0 Å². The maximum absolute atomic E-state index is 11.9. The fraction of sp³-hybridized carbons (Fsp3) is 0. The van der Waals surface area contributed by atoms with Gasteiger partial charge in [-0.15, -0.1) is 10.2 Å². The van der Waals surface area contributed by atoms with Crippen LogP contribution in [0.15, 0.2) is 43.0 Å². The quantitative estimate of drug-likeness (QED) is 0.775. The predicted octanol–water partition coefficient (Wildman–Crippen LogP) is 2.03. The number of amides is 1. The lowest BCUT2D eigenvalue weighted by Gasteiger charge is -2.04. The molecule has 0 saturated carbocycles. The fourth-order valence-corrected chi connectivity index (χ4v) is 1.72. The molecule has 19 heavy (non-hydrogen) atoms. The highest BCUT2D eigenvalue weighted by Gasteiger charge is 2.08. The number of rotatable bonds is 2. The van der Waals surface area contributed by atoms with E-state index in [2.05, 4.69) is 20.5 Å². The number of pyridine rings is 2. The van der Waals surface area contributed by atoms with Gasteiger partial charge in [-0.2, -0.15) is 0 Å². The van der Waals surface area contributed by atoms with Crippen LogP contribution < -0.4 is 5.32 Å². The molecule has 3 aromatic rings. The minimum Gasteiger partial charge on any atom is -0.319 e. The fourth-order valence-electron chi connectivity index (χ4n) is 1.61. The van der Waals surface area contributed by atoms with Gasteiger partial charge in [0.25, 0.3) is 5.91 Å². The molecular weight excluding hydrogens is 266 g/mol. The topological polar surface area (TPSA) is 72.2 Å². The molecule has 3 rings (SSSR count). The van der Waals surface area contributed by atoms with Gasteiger partial charge in [0.2, 0.25) is 0 Å². The third-order valence-electron chi connectivity index (χ3n) is 2.51. The Bertz CT molecular complexity index is 737. The molecule has 0 atom stereocenters. The molecule has 0 aliphatic rings. The van der Waals surface area contributed by atoms with E-state index in [1.165, 1.54) is 6.20 Å². The van der Waals surface area contributed by atoms with Crippen molar-refractivity contribution in [1.82, 2.24) is 19.6 Å². The Morgan fingerprint density at radius 3 is 2.95 bits per heavy atom. The lowest BCUT2D eigenvalue weighted by molar-refractivity contribution is 0.102. The molecule has 0 aliphatic carbocycles. The summed E-state index contributed by atoms with van der Waals surface area (Å²) in [5.74, 6) is -0.302. The van der Waals surface area contributed by atoms with E-state index in [1.54, 1.807) is 41.2 Å². The molecule has 0 saturated heterocycles. The van der Waals surface area contributed by atoms with Crippen LogP contribution >= 0.6 is 11.6 Å². The Labute approximate surface area is 113 Å². The van der Waals surface area contributed by atoms with Crippen LogP contribution in [0, 0.1) is 0 Å². The Balaban J connectivity index is 1.83. The summed E-state index contributed by atoms with van der Waals surface area (Å²) in [6, 6.07) is 6.69. The van der Waals surface area contributed by atoms with Crippen molar-refractivity contribution in [2.24, 2.45) is 0 Å². The molecule has 94 valence electrons. The molecule has 0 unspecified atom stereocenters. The van der Waals surface area contributed by atoms with Crippen LogP contribution in [0.1, 0.15) is 10.5 Å². The summed E-state index contributed by atoms with van der Waals surface area (Å²) in [5.41, 5.74) is 1.64. The number of fused-ring (bicyclic) bond motifs is 1. The van der Waals surface area contributed by atoms with Crippen LogP contribution in [0.2, 0.25) is 5.02 Å². The first-order chi connectivity index (χ1) is 9.22. The Morgan fingerprint density at radius 1 is 1.26 bits per heavy atom. The van der Waals surface area contributed by atoms with Gasteiger partial charge in [-0.25, -0.2) is 4.98 Å². The zero-order valence-electron chi connectivity index (χ0n) is 9.62. The minimum atomic E-state index is -0.302. The lowest BCUT2D eigenvalue weighted by atomic mass is 10.3. The molecule has 1 amide bonds. The molecule has 0 spiro atoms. The van der Waals surface area contributed by atoms with Gasteiger partial charge in [0.1, 0.15) is 12.0 Å². The summed E-state index contributed by atoms with van der Waals surface area (Å²) >= 11 is 5.72.